The molecule has 0 saturated carbocycles. The Morgan fingerprint density at radius 2 is 2.06 bits per heavy atom. The molecule has 0 amide bonds. The third-order valence-electron chi connectivity index (χ3n) is 3.61. The summed E-state index contributed by atoms with van der Waals surface area (Å²) in [6, 6.07) is 10.1. The Morgan fingerprint density at radius 3 is 2.78 bits per heavy atom. The second-order valence-corrected chi connectivity index (χ2v) is 4.82. The number of hydrogen-bond acceptors (Lipinski definition) is 3. The first-order valence-electron chi connectivity index (χ1n) is 6.69. The maximum atomic E-state index is 12.1. The van der Waals surface area contributed by atoms with Crippen LogP contribution in [0.2, 0.25) is 0 Å². The van der Waals surface area contributed by atoms with Crippen molar-refractivity contribution in [2.45, 2.75) is 37.6 Å². The fourth-order valence-electron chi connectivity index (χ4n) is 2.66. The van der Waals surface area contributed by atoms with Gasteiger partial charge in [-0.05, 0) is 24.9 Å². The number of carbonyl (C=O) groups excluding carboxylic acids is 1. The summed E-state index contributed by atoms with van der Waals surface area (Å²) in [7, 11) is 1.47. The Morgan fingerprint density at radius 1 is 1.28 bits per heavy atom. The lowest BCUT2D eigenvalue weighted by atomic mass is 9.89. The van der Waals surface area contributed by atoms with Crippen molar-refractivity contribution in [3.05, 3.63) is 35.9 Å². The lowest BCUT2D eigenvalue weighted by Gasteiger charge is -2.25. The molecule has 0 radical (unpaired) electrons. The highest BCUT2D eigenvalue weighted by atomic mass is 16.5. The van der Waals surface area contributed by atoms with Crippen molar-refractivity contribution in [3.8, 4) is 0 Å². The van der Waals surface area contributed by atoms with Crippen LogP contribution in [0.15, 0.2) is 30.3 Å². The summed E-state index contributed by atoms with van der Waals surface area (Å²) < 4.78 is 4.98. The van der Waals surface area contributed by atoms with E-state index in [1.807, 2.05) is 30.3 Å². The molecule has 0 aliphatic carbocycles. The van der Waals surface area contributed by atoms with Crippen LogP contribution in [0.3, 0.4) is 0 Å². The Kier molecular flexibility index (Phi) is 4.76. The van der Waals surface area contributed by atoms with E-state index in [4.69, 9.17) is 4.74 Å². The number of carbonyl (C=O) groups is 1. The van der Waals surface area contributed by atoms with Crippen LogP contribution < -0.4 is 5.32 Å². The first kappa shape index (κ1) is 13.1. The van der Waals surface area contributed by atoms with Crippen LogP contribution >= 0.6 is 0 Å². The number of esters is 1. The van der Waals surface area contributed by atoms with E-state index in [2.05, 4.69) is 5.32 Å². The zero-order valence-corrected chi connectivity index (χ0v) is 10.9. The molecule has 3 heteroatoms. The minimum absolute atomic E-state index is 0.138. The highest BCUT2D eigenvalue weighted by Crippen LogP contribution is 2.26. The zero-order chi connectivity index (χ0) is 12.8. The van der Waals surface area contributed by atoms with Gasteiger partial charge in [-0.1, -0.05) is 43.2 Å². The molecule has 2 atom stereocenters. The normalized spacial score (nSPS) is 21.9. The summed E-state index contributed by atoms with van der Waals surface area (Å²) >= 11 is 0. The molecule has 98 valence electrons. The van der Waals surface area contributed by atoms with Gasteiger partial charge in [0, 0.05) is 6.04 Å². The van der Waals surface area contributed by atoms with Crippen LogP contribution in [-0.4, -0.2) is 25.7 Å². The van der Waals surface area contributed by atoms with Crippen molar-refractivity contribution in [3.63, 3.8) is 0 Å². The fraction of sp³-hybridized carbons (Fsp3) is 0.533. The molecule has 1 aromatic carbocycles. The number of methoxy groups -OCH3 is 1. The molecule has 1 aromatic rings. The van der Waals surface area contributed by atoms with Crippen molar-refractivity contribution >= 4 is 5.97 Å². The van der Waals surface area contributed by atoms with E-state index in [1.54, 1.807) is 0 Å². The van der Waals surface area contributed by atoms with Crippen molar-refractivity contribution < 1.29 is 9.53 Å². The van der Waals surface area contributed by atoms with Gasteiger partial charge in [-0.25, -0.2) is 0 Å². The SMILES string of the molecule is COC(=O)[C@H](c1ccccc1)[C@H]1CCCCCN1. The van der Waals surface area contributed by atoms with Gasteiger partial charge in [-0.2, -0.15) is 0 Å². The molecule has 3 nitrogen and oxygen atoms in total. The molecule has 18 heavy (non-hydrogen) atoms. The third kappa shape index (κ3) is 3.10. The maximum Gasteiger partial charge on any atom is 0.314 e. The van der Waals surface area contributed by atoms with Crippen LogP contribution in [0.1, 0.15) is 37.2 Å². The first-order chi connectivity index (χ1) is 8.83. The molecule has 0 unspecified atom stereocenters. The predicted molar refractivity (Wildman–Crippen MR) is 71.5 cm³/mol. The summed E-state index contributed by atoms with van der Waals surface area (Å²) in [6.45, 7) is 0.991. The zero-order valence-electron chi connectivity index (χ0n) is 10.9. The van der Waals surface area contributed by atoms with Crippen LogP contribution in [0.5, 0.6) is 0 Å². The van der Waals surface area contributed by atoms with Crippen molar-refractivity contribution in [2.24, 2.45) is 0 Å². The van der Waals surface area contributed by atoms with Crippen molar-refractivity contribution in [1.82, 2.24) is 5.32 Å². The van der Waals surface area contributed by atoms with Gasteiger partial charge < -0.3 is 10.1 Å². The highest BCUT2D eigenvalue weighted by Gasteiger charge is 2.30. The Balaban J connectivity index is 2.21. The lowest BCUT2D eigenvalue weighted by molar-refractivity contribution is -0.143. The summed E-state index contributed by atoms with van der Waals surface area (Å²) in [4.78, 5) is 12.1. The van der Waals surface area contributed by atoms with Gasteiger partial charge in [0.15, 0.2) is 0 Å². The average Bonchev–Trinajstić information content (AvgIpc) is 2.69. The summed E-state index contributed by atoms with van der Waals surface area (Å²) in [5.41, 5.74) is 1.05. The monoisotopic (exact) mass is 247 g/mol. The van der Waals surface area contributed by atoms with E-state index in [9.17, 15) is 4.79 Å². The first-order valence-corrected chi connectivity index (χ1v) is 6.69. The summed E-state index contributed by atoms with van der Waals surface area (Å²) in [5, 5.41) is 3.49. The second-order valence-electron chi connectivity index (χ2n) is 4.82. The van der Waals surface area contributed by atoms with Gasteiger partial charge >= 0.3 is 5.97 Å². The minimum Gasteiger partial charge on any atom is -0.469 e. The molecule has 0 bridgehead atoms. The average molecular weight is 247 g/mol. The standard InChI is InChI=1S/C15H21NO2/c1-18-15(17)14(12-8-4-2-5-9-12)13-10-6-3-7-11-16-13/h2,4-5,8-9,13-14,16H,3,6-7,10-11H2,1H3/t13-,14-/m1/s1. The highest BCUT2D eigenvalue weighted by molar-refractivity contribution is 5.79. The molecule has 0 aromatic heterocycles. The molecule has 0 spiro atoms. The number of ether oxygens (including phenoxy) is 1. The molecule has 1 saturated heterocycles. The van der Waals surface area contributed by atoms with Crippen molar-refractivity contribution in [2.75, 3.05) is 13.7 Å². The van der Waals surface area contributed by atoms with Crippen LogP contribution in [0.4, 0.5) is 0 Å². The molecule has 1 heterocycles. The maximum absolute atomic E-state index is 12.1. The van der Waals surface area contributed by atoms with E-state index in [-0.39, 0.29) is 17.9 Å². The van der Waals surface area contributed by atoms with E-state index in [0.29, 0.717) is 0 Å². The molecule has 1 N–H and O–H groups in total. The van der Waals surface area contributed by atoms with Gasteiger partial charge in [-0.3, -0.25) is 4.79 Å². The summed E-state index contributed by atoms with van der Waals surface area (Å²) in [6.07, 6.45) is 4.65. The van der Waals surface area contributed by atoms with Gasteiger partial charge in [0.1, 0.15) is 0 Å². The quantitative estimate of drug-likeness (QED) is 0.834. The molecule has 1 aliphatic heterocycles. The topological polar surface area (TPSA) is 38.3 Å². The van der Waals surface area contributed by atoms with Crippen molar-refractivity contribution in [1.29, 1.82) is 0 Å². The molecule has 1 fully saturated rings. The Labute approximate surface area is 109 Å². The third-order valence-corrected chi connectivity index (χ3v) is 3.61. The number of hydrogen-bond donors (Lipinski definition) is 1. The van der Waals surface area contributed by atoms with Gasteiger partial charge in [0.2, 0.25) is 0 Å². The fourth-order valence-corrected chi connectivity index (χ4v) is 2.66. The number of benzene rings is 1. The van der Waals surface area contributed by atoms with E-state index in [0.717, 1.165) is 18.5 Å². The largest absolute Gasteiger partial charge is 0.469 e. The molecular formula is C15H21NO2. The number of nitrogens with one attached hydrogen (secondary N) is 1. The Bertz CT molecular complexity index is 369. The second kappa shape index (κ2) is 6.55. The van der Waals surface area contributed by atoms with E-state index in [1.165, 1.54) is 26.4 Å². The summed E-state index contributed by atoms with van der Waals surface area (Å²) in [5.74, 6) is -0.324. The Hall–Kier alpha value is -1.35. The predicted octanol–water partition coefficient (Wildman–Crippen LogP) is 2.48. The minimum atomic E-state index is -0.186. The number of rotatable bonds is 3. The molecule has 1 aliphatic rings. The van der Waals surface area contributed by atoms with Crippen LogP contribution in [0, 0.1) is 0 Å². The molecule has 2 rings (SSSR count). The van der Waals surface area contributed by atoms with Gasteiger partial charge in [0.05, 0.1) is 13.0 Å². The van der Waals surface area contributed by atoms with Crippen LogP contribution in [0.25, 0.3) is 0 Å². The van der Waals surface area contributed by atoms with E-state index < -0.39 is 0 Å². The van der Waals surface area contributed by atoms with Gasteiger partial charge in [0.25, 0.3) is 0 Å². The smallest absolute Gasteiger partial charge is 0.314 e. The lowest BCUT2D eigenvalue weighted by Crippen LogP contribution is -2.38. The van der Waals surface area contributed by atoms with Gasteiger partial charge in [-0.15, -0.1) is 0 Å². The molecular weight excluding hydrogens is 226 g/mol. The van der Waals surface area contributed by atoms with Crippen LogP contribution in [-0.2, 0) is 9.53 Å². The van der Waals surface area contributed by atoms with E-state index >= 15 is 0 Å².